The van der Waals surface area contributed by atoms with Crippen LogP contribution in [0.5, 0.6) is 0 Å². The molecule has 1 saturated heterocycles. The second-order valence-electron chi connectivity index (χ2n) is 6.31. The van der Waals surface area contributed by atoms with Gasteiger partial charge in [-0.3, -0.25) is 9.59 Å². The maximum atomic E-state index is 12.7. The SMILES string of the molecule is CNC(=O)c1cnn2c([C@H]3CCCN(C(=O)c4cccs4)C3)ccnc12. The average molecular weight is 369 g/mol. The summed E-state index contributed by atoms with van der Waals surface area (Å²) in [6, 6.07) is 5.69. The van der Waals surface area contributed by atoms with E-state index in [4.69, 9.17) is 0 Å². The van der Waals surface area contributed by atoms with Crippen LogP contribution in [0, 0.1) is 0 Å². The molecular formula is C18H19N5O2S. The van der Waals surface area contributed by atoms with E-state index in [0.717, 1.165) is 30.0 Å². The van der Waals surface area contributed by atoms with E-state index < -0.39 is 0 Å². The third-order valence-corrected chi connectivity index (χ3v) is 5.62. The largest absolute Gasteiger partial charge is 0.355 e. The van der Waals surface area contributed by atoms with Gasteiger partial charge in [-0.25, -0.2) is 9.50 Å². The molecule has 1 aliphatic heterocycles. The second kappa shape index (κ2) is 6.87. The van der Waals surface area contributed by atoms with Gasteiger partial charge in [0.2, 0.25) is 0 Å². The van der Waals surface area contributed by atoms with E-state index in [2.05, 4.69) is 15.4 Å². The van der Waals surface area contributed by atoms with Crippen molar-refractivity contribution in [3.05, 3.63) is 52.1 Å². The first-order valence-corrected chi connectivity index (χ1v) is 9.44. The molecule has 0 aromatic carbocycles. The van der Waals surface area contributed by atoms with E-state index in [1.54, 1.807) is 24.0 Å². The molecule has 134 valence electrons. The van der Waals surface area contributed by atoms with Crippen LogP contribution in [0.25, 0.3) is 5.65 Å². The number of piperidine rings is 1. The highest BCUT2D eigenvalue weighted by molar-refractivity contribution is 7.12. The number of fused-ring (bicyclic) bond motifs is 1. The monoisotopic (exact) mass is 369 g/mol. The minimum atomic E-state index is -0.206. The number of hydrogen-bond acceptors (Lipinski definition) is 5. The lowest BCUT2D eigenvalue weighted by molar-refractivity contribution is 0.0710. The van der Waals surface area contributed by atoms with E-state index in [0.29, 0.717) is 17.8 Å². The topological polar surface area (TPSA) is 79.6 Å². The van der Waals surface area contributed by atoms with Crippen molar-refractivity contribution < 1.29 is 9.59 Å². The quantitative estimate of drug-likeness (QED) is 0.767. The first-order valence-electron chi connectivity index (χ1n) is 8.56. The van der Waals surface area contributed by atoms with Crippen molar-refractivity contribution in [3.63, 3.8) is 0 Å². The van der Waals surface area contributed by atoms with Crippen molar-refractivity contribution >= 4 is 28.8 Å². The average Bonchev–Trinajstić information content (AvgIpc) is 3.36. The van der Waals surface area contributed by atoms with Gasteiger partial charge in [-0.05, 0) is 30.4 Å². The van der Waals surface area contributed by atoms with Gasteiger partial charge in [-0.1, -0.05) is 6.07 Å². The van der Waals surface area contributed by atoms with Crippen LogP contribution in [0.4, 0.5) is 0 Å². The second-order valence-corrected chi connectivity index (χ2v) is 7.26. The Labute approximate surface area is 154 Å². The van der Waals surface area contributed by atoms with Gasteiger partial charge in [0.25, 0.3) is 11.8 Å². The van der Waals surface area contributed by atoms with Crippen LogP contribution in [-0.2, 0) is 0 Å². The van der Waals surface area contributed by atoms with Gasteiger partial charge in [-0.2, -0.15) is 5.10 Å². The molecule has 1 fully saturated rings. The summed E-state index contributed by atoms with van der Waals surface area (Å²) in [5.74, 6) is 0.0416. The van der Waals surface area contributed by atoms with Gasteiger partial charge < -0.3 is 10.2 Å². The maximum absolute atomic E-state index is 12.7. The minimum absolute atomic E-state index is 0.0847. The summed E-state index contributed by atoms with van der Waals surface area (Å²) in [6.45, 7) is 1.41. The summed E-state index contributed by atoms with van der Waals surface area (Å²) < 4.78 is 1.73. The van der Waals surface area contributed by atoms with Crippen molar-refractivity contribution in [2.45, 2.75) is 18.8 Å². The Hall–Kier alpha value is -2.74. The fourth-order valence-electron chi connectivity index (χ4n) is 3.47. The molecule has 0 unspecified atom stereocenters. The molecule has 0 radical (unpaired) electrons. The van der Waals surface area contributed by atoms with E-state index in [-0.39, 0.29) is 17.7 Å². The lowest BCUT2D eigenvalue weighted by atomic mass is 9.94. The summed E-state index contributed by atoms with van der Waals surface area (Å²) in [5.41, 5.74) is 1.98. The fourth-order valence-corrected chi connectivity index (χ4v) is 4.16. The van der Waals surface area contributed by atoms with Crippen molar-refractivity contribution in [2.75, 3.05) is 20.1 Å². The number of likely N-dealkylation sites (tertiary alicyclic amines) is 1. The third-order valence-electron chi connectivity index (χ3n) is 4.76. The van der Waals surface area contributed by atoms with Crippen LogP contribution in [0.1, 0.15) is 44.5 Å². The molecule has 4 rings (SSSR count). The highest BCUT2D eigenvalue weighted by Gasteiger charge is 2.28. The molecule has 1 aliphatic rings. The van der Waals surface area contributed by atoms with E-state index in [1.165, 1.54) is 11.3 Å². The molecule has 0 spiro atoms. The molecule has 26 heavy (non-hydrogen) atoms. The van der Waals surface area contributed by atoms with E-state index in [9.17, 15) is 9.59 Å². The van der Waals surface area contributed by atoms with Crippen LogP contribution in [0.15, 0.2) is 36.0 Å². The predicted octanol–water partition coefficient (Wildman–Crippen LogP) is 2.17. The van der Waals surface area contributed by atoms with Gasteiger partial charge >= 0.3 is 0 Å². The molecule has 0 aliphatic carbocycles. The number of hydrogen-bond donors (Lipinski definition) is 1. The Morgan fingerprint density at radius 2 is 2.23 bits per heavy atom. The van der Waals surface area contributed by atoms with Crippen LogP contribution in [0.3, 0.4) is 0 Å². The summed E-state index contributed by atoms with van der Waals surface area (Å²) >= 11 is 1.47. The lowest BCUT2D eigenvalue weighted by Gasteiger charge is -2.32. The van der Waals surface area contributed by atoms with Crippen LogP contribution >= 0.6 is 11.3 Å². The Morgan fingerprint density at radius 1 is 1.35 bits per heavy atom. The fraction of sp³-hybridized carbons (Fsp3) is 0.333. The highest BCUT2D eigenvalue weighted by atomic mass is 32.1. The number of carbonyl (C=O) groups excluding carboxylic acids is 2. The first-order chi connectivity index (χ1) is 12.7. The number of nitrogens with one attached hydrogen (secondary N) is 1. The molecule has 8 heteroatoms. The zero-order chi connectivity index (χ0) is 18.1. The predicted molar refractivity (Wildman–Crippen MR) is 98.6 cm³/mol. The zero-order valence-electron chi connectivity index (χ0n) is 14.4. The molecule has 1 N–H and O–H groups in total. The Bertz CT molecular complexity index is 950. The van der Waals surface area contributed by atoms with Crippen LogP contribution in [0.2, 0.25) is 0 Å². The molecular weight excluding hydrogens is 350 g/mol. The van der Waals surface area contributed by atoms with Gasteiger partial charge in [0.05, 0.1) is 16.8 Å². The smallest absolute Gasteiger partial charge is 0.263 e. The molecule has 3 aromatic rings. The summed E-state index contributed by atoms with van der Waals surface area (Å²) in [7, 11) is 1.59. The summed E-state index contributed by atoms with van der Waals surface area (Å²) in [4.78, 5) is 31.7. The Kier molecular flexibility index (Phi) is 4.42. The highest BCUT2D eigenvalue weighted by Crippen LogP contribution is 2.28. The molecule has 0 saturated carbocycles. The number of carbonyl (C=O) groups is 2. The zero-order valence-corrected chi connectivity index (χ0v) is 15.2. The first kappa shape index (κ1) is 16.7. The normalized spacial score (nSPS) is 17.4. The summed E-state index contributed by atoms with van der Waals surface area (Å²) in [6.07, 6.45) is 5.17. The van der Waals surface area contributed by atoms with Gasteiger partial charge in [-0.15, -0.1) is 11.3 Å². The molecule has 3 aromatic heterocycles. The number of amides is 2. The number of rotatable bonds is 3. The number of thiophene rings is 1. The molecule has 7 nitrogen and oxygen atoms in total. The van der Waals surface area contributed by atoms with Crippen molar-refractivity contribution in [3.8, 4) is 0 Å². The van der Waals surface area contributed by atoms with E-state index in [1.807, 2.05) is 28.5 Å². The third kappa shape index (κ3) is 2.86. The Morgan fingerprint density at radius 3 is 3.00 bits per heavy atom. The molecule has 2 amide bonds. The maximum Gasteiger partial charge on any atom is 0.263 e. The van der Waals surface area contributed by atoms with Gasteiger partial charge in [0.15, 0.2) is 5.65 Å². The minimum Gasteiger partial charge on any atom is -0.355 e. The van der Waals surface area contributed by atoms with E-state index >= 15 is 0 Å². The molecule has 4 heterocycles. The Balaban J connectivity index is 1.64. The summed E-state index contributed by atoms with van der Waals surface area (Å²) in [5, 5.41) is 8.91. The molecule has 1 atom stereocenters. The van der Waals surface area contributed by atoms with Crippen LogP contribution in [-0.4, -0.2) is 51.4 Å². The number of nitrogens with zero attached hydrogens (tertiary/aromatic N) is 4. The van der Waals surface area contributed by atoms with Crippen molar-refractivity contribution in [1.82, 2.24) is 24.8 Å². The lowest BCUT2D eigenvalue weighted by Crippen LogP contribution is -2.39. The van der Waals surface area contributed by atoms with Crippen molar-refractivity contribution in [1.29, 1.82) is 0 Å². The number of aromatic nitrogens is 3. The van der Waals surface area contributed by atoms with Crippen molar-refractivity contribution in [2.24, 2.45) is 0 Å². The van der Waals surface area contributed by atoms with Gasteiger partial charge in [0.1, 0.15) is 5.56 Å². The molecule has 0 bridgehead atoms. The van der Waals surface area contributed by atoms with Gasteiger partial charge in [0, 0.05) is 32.3 Å². The standard InChI is InChI=1S/C18H19N5O2S/c1-19-17(24)13-10-21-23-14(6-7-20-16(13)23)12-4-2-8-22(11-12)18(25)15-5-3-9-26-15/h3,5-7,9-10,12H,2,4,8,11H2,1H3,(H,19,24)/t12-/m0/s1. The van der Waals surface area contributed by atoms with Crippen LogP contribution < -0.4 is 5.32 Å².